The van der Waals surface area contributed by atoms with E-state index in [9.17, 15) is 62.3 Å². The van der Waals surface area contributed by atoms with E-state index in [1.165, 1.54) is 81.9 Å². The fourth-order valence-electron chi connectivity index (χ4n) is 11.5. The van der Waals surface area contributed by atoms with Crippen LogP contribution in [0.25, 0.3) is 6.08 Å². The molecule has 4 atom stereocenters. The molecule has 2 N–H and O–H groups in total. The van der Waals surface area contributed by atoms with Gasteiger partial charge in [0.1, 0.15) is 14.9 Å². The number of benzene rings is 8. The van der Waals surface area contributed by atoms with Gasteiger partial charge in [-0.05, 0) is 212 Å². The number of fused-ring (bicyclic) bond motifs is 3. The highest BCUT2D eigenvalue weighted by Crippen LogP contribution is 2.54. The molecule has 8 nitrogen and oxygen atoms in total. The lowest BCUT2D eigenvalue weighted by Gasteiger charge is -2.31. The van der Waals surface area contributed by atoms with Gasteiger partial charge in [0, 0.05) is 74.5 Å². The standard InChI is InChI=1S/C64H44F12N6O2S3/c65-61(66,67)37-5-13-41(14-6-37)79(42-15-7-38(8-16-42)62(68,69)70)45-21-25-47(26-22-45)81(48-27-23-46(24-28-48)80(43-17-9-39(10-18-43)63(71,72)73)44-19-11-40(12-20-44)64(74,75)76)49-29-31-50(32-30-49)82-53-3-1-2-51(53)52-34-36(4-33-54(52)82)35-55-57(83)77-59(86-55)56-58(84)78-60(85)87-56/h4-35,51,53,56,59H,1-3H2,(H,77,83)(H,78,84,85)/b55-35-. The van der Waals surface area contributed by atoms with Crippen molar-refractivity contribution in [3.8, 4) is 0 Å². The van der Waals surface area contributed by atoms with Crippen LogP contribution in [0.1, 0.15) is 58.6 Å². The summed E-state index contributed by atoms with van der Waals surface area (Å²) in [6.45, 7) is 0. The predicted octanol–water partition coefficient (Wildman–Crippen LogP) is 19.0. The van der Waals surface area contributed by atoms with E-state index in [0.717, 1.165) is 90.3 Å². The molecule has 2 amide bonds. The van der Waals surface area contributed by atoms with Gasteiger partial charge in [-0.2, -0.15) is 52.7 Å². The van der Waals surface area contributed by atoms with Gasteiger partial charge in [-0.15, -0.1) is 0 Å². The predicted molar refractivity (Wildman–Crippen MR) is 319 cm³/mol. The van der Waals surface area contributed by atoms with Crippen LogP contribution in [0.4, 0.5) is 115 Å². The van der Waals surface area contributed by atoms with Gasteiger partial charge < -0.3 is 30.2 Å². The molecule has 0 spiro atoms. The fourth-order valence-corrected chi connectivity index (χ4v) is 14.0. The first-order valence-electron chi connectivity index (χ1n) is 26.9. The fraction of sp³-hybridized carbons (Fsp3) is 0.172. The van der Waals surface area contributed by atoms with Crippen LogP contribution in [0.5, 0.6) is 0 Å². The van der Waals surface area contributed by atoms with E-state index in [1.54, 1.807) is 48.5 Å². The highest BCUT2D eigenvalue weighted by molar-refractivity contribution is 8.25. The maximum atomic E-state index is 13.8. The van der Waals surface area contributed by atoms with Crippen molar-refractivity contribution >= 4 is 121 Å². The molecule has 23 heteroatoms. The lowest BCUT2D eigenvalue weighted by Crippen LogP contribution is -2.38. The highest BCUT2D eigenvalue weighted by Gasteiger charge is 2.44. The molecule has 2 saturated heterocycles. The van der Waals surface area contributed by atoms with Crippen molar-refractivity contribution in [2.24, 2.45) is 0 Å². The molecule has 4 unspecified atom stereocenters. The van der Waals surface area contributed by atoms with Gasteiger partial charge in [0.15, 0.2) is 0 Å². The molecule has 4 aliphatic rings. The van der Waals surface area contributed by atoms with Crippen LogP contribution in [-0.4, -0.2) is 32.8 Å². The minimum atomic E-state index is -4.67. The zero-order chi connectivity index (χ0) is 61.3. The van der Waals surface area contributed by atoms with Crippen LogP contribution >= 0.6 is 35.7 Å². The van der Waals surface area contributed by atoms with Gasteiger partial charge in [-0.1, -0.05) is 48.2 Å². The first kappa shape index (κ1) is 58.9. The molecule has 12 rings (SSSR count). The summed E-state index contributed by atoms with van der Waals surface area (Å²) < 4.78 is 166. The molecule has 3 fully saturated rings. The Balaban J connectivity index is 0.913. The number of nitrogens with one attached hydrogen (secondary N) is 2. The van der Waals surface area contributed by atoms with E-state index in [4.69, 9.17) is 12.2 Å². The van der Waals surface area contributed by atoms with E-state index in [2.05, 4.69) is 21.6 Å². The zero-order valence-electron chi connectivity index (χ0n) is 44.8. The van der Waals surface area contributed by atoms with Crippen molar-refractivity contribution < 1.29 is 62.3 Å². The Morgan fingerprint density at radius 1 is 0.471 bits per heavy atom. The Morgan fingerprint density at radius 2 is 0.828 bits per heavy atom. The molecular weight excluding hydrogens is 1210 g/mol. The van der Waals surface area contributed by atoms with E-state index >= 15 is 0 Å². The summed E-state index contributed by atoms with van der Waals surface area (Å²) in [6.07, 6.45) is -14.0. The quantitative estimate of drug-likeness (QED) is 0.0707. The van der Waals surface area contributed by atoms with Crippen LogP contribution in [0.15, 0.2) is 193 Å². The molecule has 87 heavy (non-hydrogen) atoms. The number of rotatable bonds is 12. The molecule has 8 aromatic rings. The molecule has 8 aromatic carbocycles. The largest absolute Gasteiger partial charge is 0.416 e. The van der Waals surface area contributed by atoms with Crippen molar-refractivity contribution in [2.75, 3.05) is 19.6 Å². The average Bonchev–Trinajstić information content (AvgIpc) is 1.71. The third-order valence-electron chi connectivity index (χ3n) is 15.5. The van der Waals surface area contributed by atoms with Crippen molar-refractivity contribution in [3.63, 3.8) is 0 Å². The van der Waals surface area contributed by atoms with Gasteiger partial charge in [-0.25, -0.2) is 0 Å². The Labute approximate surface area is 503 Å². The number of amides is 2. The first-order chi connectivity index (χ1) is 41.3. The lowest BCUT2D eigenvalue weighted by atomic mass is 9.96. The number of hydrogen-bond acceptors (Lipinski definition) is 9. The lowest BCUT2D eigenvalue weighted by molar-refractivity contribution is -0.138. The van der Waals surface area contributed by atoms with Crippen molar-refractivity contribution in [1.29, 1.82) is 0 Å². The van der Waals surface area contributed by atoms with Gasteiger partial charge in [0.25, 0.3) is 5.91 Å². The first-order valence-corrected chi connectivity index (χ1v) is 29.1. The summed E-state index contributed by atoms with van der Waals surface area (Å²) >= 11 is 7.66. The van der Waals surface area contributed by atoms with E-state index in [1.807, 2.05) is 47.4 Å². The maximum Gasteiger partial charge on any atom is 0.416 e. The normalized spacial score (nSPS) is 19.1. The zero-order valence-corrected chi connectivity index (χ0v) is 47.2. The van der Waals surface area contributed by atoms with Gasteiger partial charge in [-0.3, -0.25) is 9.59 Å². The molecule has 0 radical (unpaired) electrons. The molecule has 3 aliphatic heterocycles. The number of nitrogens with zero attached hydrogens (tertiary/aromatic N) is 4. The molecule has 3 heterocycles. The van der Waals surface area contributed by atoms with Crippen LogP contribution < -0.4 is 30.2 Å². The van der Waals surface area contributed by atoms with E-state index in [0.29, 0.717) is 37.7 Å². The topological polar surface area (TPSA) is 71.2 Å². The van der Waals surface area contributed by atoms with Crippen LogP contribution in [-0.2, 0) is 34.3 Å². The Bertz CT molecular complexity index is 3660. The summed E-state index contributed by atoms with van der Waals surface area (Å²) in [5.74, 6) is -0.359. The molecule has 444 valence electrons. The Kier molecular flexibility index (Phi) is 15.4. The van der Waals surface area contributed by atoms with Gasteiger partial charge in [0.2, 0.25) is 5.91 Å². The van der Waals surface area contributed by atoms with Gasteiger partial charge in [0.05, 0.1) is 27.2 Å². The third kappa shape index (κ3) is 12.0. The second kappa shape index (κ2) is 22.7. The number of thioether (sulfide) groups is 2. The van der Waals surface area contributed by atoms with Crippen LogP contribution in [0.2, 0.25) is 0 Å². The smallest absolute Gasteiger partial charge is 0.338 e. The maximum absolute atomic E-state index is 13.8. The number of carbonyl (C=O) groups excluding carboxylic acids is 2. The summed E-state index contributed by atoms with van der Waals surface area (Å²) in [5, 5.41) is 4.49. The summed E-state index contributed by atoms with van der Waals surface area (Å²) in [5.41, 5.74) is 3.31. The number of alkyl halides is 12. The minimum Gasteiger partial charge on any atom is -0.338 e. The third-order valence-corrected chi connectivity index (χ3v) is 18.3. The number of hydrogen-bond donors (Lipinski definition) is 2. The number of thiocarbonyl (C=S) groups is 1. The Morgan fingerprint density at radius 3 is 1.17 bits per heavy atom. The van der Waals surface area contributed by atoms with Crippen LogP contribution in [0, 0.1) is 0 Å². The summed E-state index contributed by atoms with van der Waals surface area (Å²) in [4.78, 5) is 33.4. The number of carbonyl (C=O) groups is 2. The van der Waals surface area contributed by atoms with E-state index < -0.39 is 57.6 Å². The average molecular weight is 1250 g/mol. The molecule has 0 bridgehead atoms. The molecule has 1 saturated carbocycles. The second-order valence-corrected chi connectivity index (χ2v) is 23.9. The summed E-state index contributed by atoms with van der Waals surface area (Å²) in [6, 6.07) is 44.2. The van der Waals surface area contributed by atoms with Crippen LogP contribution in [0.3, 0.4) is 0 Å². The van der Waals surface area contributed by atoms with Crippen molar-refractivity contribution in [1.82, 2.24) is 10.6 Å². The monoisotopic (exact) mass is 1250 g/mol. The highest BCUT2D eigenvalue weighted by atomic mass is 32.2. The SMILES string of the molecule is O=C1NC(C2SC(=S)NC2=O)S/C1=C\c1ccc2c(c1)C1CCCC1N2c1ccc(N(c2ccc(N(c3ccc(C(F)(F)F)cc3)c3ccc(C(F)(F)F)cc3)cc2)c2ccc(N(c3ccc(C(F)(F)F)cc3)c3ccc(C(F)(F)F)cc3)cc2)cc1. The van der Waals surface area contributed by atoms with Crippen molar-refractivity contribution in [3.05, 3.63) is 226 Å². The van der Waals surface area contributed by atoms with E-state index in [-0.39, 0.29) is 46.5 Å². The summed E-state index contributed by atoms with van der Waals surface area (Å²) in [7, 11) is 0. The molecule has 0 aromatic heterocycles. The van der Waals surface area contributed by atoms with Crippen molar-refractivity contribution in [2.45, 2.75) is 66.6 Å². The number of halogens is 12. The van der Waals surface area contributed by atoms with Gasteiger partial charge >= 0.3 is 24.7 Å². The molecule has 1 aliphatic carbocycles. The second-order valence-electron chi connectivity index (χ2n) is 20.9. The minimum absolute atomic E-state index is 0.106. The Hall–Kier alpha value is -8.41. The number of anilines is 11. The molecular formula is C64H44F12N6O2S3.